The molecule has 0 aromatic heterocycles. The van der Waals surface area contributed by atoms with E-state index in [1.54, 1.807) is 0 Å². The SMILES string of the molecule is CS/C(=C\C1C=Cc2ccccc2N1C)N1CCCC1. The van der Waals surface area contributed by atoms with Crippen molar-refractivity contribution in [1.29, 1.82) is 0 Å². The number of anilines is 1. The number of benzene rings is 1. The first kappa shape index (κ1) is 13.6. The monoisotopic (exact) mass is 286 g/mol. The van der Waals surface area contributed by atoms with Crippen molar-refractivity contribution in [1.82, 2.24) is 4.90 Å². The summed E-state index contributed by atoms with van der Waals surface area (Å²) >= 11 is 1.87. The average Bonchev–Trinajstić information content (AvgIpc) is 3.01. The van der Waals surface area contributed by atoms with Crippen LogP contribution in [0.25, 0.3) is 6.08 Å². The van der Waals surface area contributed by atoms with Gasteiger partial charge in [0.25, 0.3) is 0 Å². The van der Waals surface area contributed by atoms with Crippen LogP contribution in [0.4, 0.5) is 5.69 Å². The fourth-order valence-corrected chi connectivity index (χ4v) is 3.71. The quantitative estimate of drug-likeness (QED) is 0.834. The van der Waals surface area contributed by atoms with E-state index >= 15 is 0 Å². The number of nitrogens with zero attached hydrogens (tertiary/aromatic N) is 2. The topological polar surface area (TPSA) is 6.48 Å². The Morgan fingerprint density at radius 2 is 2.00 bits per heavy atom. The molecular weight excluding hydrogens is 264 g/mol. The van der Waals surface area contributed by atoms with E-state index in [0.29, 0.717) is 6.04 Å². The first-order chi connectivity index (χ1) is 9.79. The predicted octanol–water partition coefficient (Wildman–Crippen LogP) is 3.82. The van der Waals surface area contributed by atoms with Crippen molar-refractivity contribution in [2.24, 2.45) is 0 Å². The maximum absolute atomic E-state index is 2.52. The molecule has 0 aliphatic carbocycles. The second-order valence-electron chi connectivity index (χ2n) is 5.42. The number of hydrogen-bond donors (Lipinski definition) is 0. The standard InChI is InChI=1S/C17H22N2S/c1-18-15(10-9-14-7-3-4-8-16(14)18)13-17(20-2)19-11-5-6-12-19/h3-4,7-10,13,15H,5-6,11-12H2,1-2H3/b17-13-. The second kappa shape index (κ2) is 5.96. The van der Waals surface area contributed by atoms with Crippen LogP contribution in [0.15, 0.2) is 41.4 Å². The average molecular weight is 286 g/mol. The molecule has 0 spiro atoms. The van der Waals surface area contributed by atoms with E-state index in [2.05, 4.69) is 65.6 Å². The molecule has 2 nitrogen and oxygen atoms in total. The molecule has 1 fully saturated rings. The van der Waals surface area contributed by atoms with Gasteiger partial charge in [0.15, 0.2) is 0 Å². The van der Waals surface area contributed by atoms with Crippen molar-refractivity contribution in [3.63, 3.8) is 0 Å². The molecule has 1 saturated heterocycles. The number of likely N-dealkylation sites (tertiary alicyclic amines) is 1. The van der Waals surface area contributed by atoms with E-state index < -0.39 is 0 Å². The van der Waals surface area contributed by atoms with Crippen molar-refractivity contribution in [3.05, 3.63) is 47.0 Å². The number of fused-ring (bicyclic) bond motifs is 1. The summed E-state index contributed by atoms with van der Waals surface area (Å²) in [6.07, 6.45) is 11.8. The molecule has 3 heteroatoms. The van der Waals surface area contributed by atoms with Gasteiger partial charge in [0.2, 0.25) is 0 Å². The van der Waals surface area contributed by atoms with Gasteiger partial charge in [-0.2, -0.15) is 0 Å². The zero-order chi connectivity index (χ0) is 13.9. The third-order valence-corrected chi connectivity index (χ3v) is 4.99. The molecule has 0 saturated carbocycles. The van der Waals surface area contributed by atoms with E-state index in [0.717, 1.165) is 0 Å². The predicted molar refractivity (Wildman–Crippen MR) is 90.1 cm³/mol. The minimum Gasteiger partial charge on any atom is -0.367 e. The molecule has 1 atom stereocenters. The number of likely N-dealkylation sites (N-methyl/N-ethyl adjacent to an activating group) is 1. The normalized spacial score (nSPS) is 22.3. The Kier molecular flexibility index (Phi) is 4.06. The summed E-state index contributed by atoms with van der Waals surface area (Å²) in [5.41, 5.74) is 2.63. The molecule has 20 heavy (non-hydrogen) atoms. The van der Waals surface area contributed by atoms with Gasteiger partial charge in [-0.05, 0) is 36.8 Å². The molecule has 0 radical (unpaired) electrons. The van der Waals surface area contributed by atoms with Gasteiger partial charge in [-0.3, -0.25) is 0 Å². The molecular formula is C17H22N2S. The summed E-state index contributed by atoms with van der Waals surface area (Å²) in [6.45, 7) is 2.42. The molecule has 2 aliphatic heterocycles. The number of rotatable bonds is 3. The summed E-state index contributed by atoms with van der Waals surface area (Å²) in [6, 6.07) is 8.95. The minimum absolute atomic E-state index is 0.355. The van der Waals surface area contributed by atoms with Crippen molar-refractivity contribution >= 4 is 23.5 Å². The smallest absolute Gasteiger partial charge is 0.0688 e. The van der Waals surface area contributed by atoms with Crippen LogP contribution in [0, 0.1) is 0 Å². The van der Waals surface area contributed by atoms with Gasteiger partial charge >= 0.3 is 0 Å². The summed E-state index contributed by atoms with van der Waals surface area (Å²) in [7, 11) is 2.19. The molecule has 106 valence electrons. The fraction of sp³-hybridized carbons (Fsp3) is 0.412. The van der Waals surface area contributed by atoms with E-state index in [1.807, 2.05) is 11.8 Å². The summed E-state index contributed by atoms with van der Waals surface area (Å²) in [4.78, 5) is 4.88. The lowest BCUT2D eigenvalue weighted by molar-refractivity contribution is 0.454. The maximum Gasteiger partial charge on any atom is 0.0688 e. The highest BCUT2D eigenvalue weighted by Crippen LogP contribution is 2.30. The van der Waals surface area contributed by atoms with Crippen LogP contribution in [-0.2, 0) is 0 Å². The molecule has 0 bridgehead atoms. The third kappa shape index (κ3) is 2.59. The Bertz CT molecular complexity index is 530. The van der Waals surface area contributed by atoms with Crippen LogP contribution < -0.4 is 4.90 Å². The van der Waals surface area contributed by atoms with Gasteiger partial charge in [-0.1, -0.05) is 30.4 Å². The van der Waals surface area contributed by atoms with Crippen molar-refractivity contribution in [2.75, 3.05) is 31.3 Å². The second-order valence-corrected chi connectivity index (χ2v) is 6.25. The van der Waals surface area contributed by atoms with Crippen LogP contribution >= 0.6 is 11.8 Å². The molecule has 0 amide bonds. The van der Waals surface area contributed by atoms with Crippen molar-refractivity contribution in [2.45, 2.75) is 18.9 Å². The molecule has 1 unspecified atom stereocenters. The Morgan fingerprint density at radius 1 is 1.25 bits per heavy atom. The largest absolute Gasteiger partial charge is 0.367 e. The molecule has 3 rings (SSSR count). The van der Waals surface area contributed by atoms with Gasteiger partial charge in [0, 0.05) is 25.8 Å². The first-order valence-electron chi connectivity index (χ1n) is 7.30. The summed E-state index contributed by atoms with van der Waals surface area (Å²) < 4.78 is 0. The van der Waals surface area contributed by atoms with E-state index in [4.69, 9.17) is 0 Å². The van der Waals surface area contributed by atoms with Crippen molar-refractivity contribution < 1.29 is 0 Å². The fourth-order valence-electron chi connectivity index (χ4n) is 3.00. The zero-order valence-corrected chi connectivity index (χ0v) is 13.1. The number of hydrogen-bond acceptors (Lipinski definition) is 3. The lowest BCUT2D eigenvalue weighted by atomic mass is 10.0. The Labute approximate surface area is 126 Å². The minimum atomic E-state index is 0.355. The number of para-hydroxylation sites is 1. The lowest BCUT2D eigenvalue weighted by Gasteiger charge is -2.32. The van der Waals surface area contributed by atoms with Crippen LogP contribution in [0.3, 0.4) is 0 Å². The summed E-state index contributed by atoms with van der Waals surface area (Å²) in [5, 5.41) is 1.42. The molecule has 1 aromatic rings. The van der Waals surface area contributed by atoms with Gasteiger partial charge in [0.1, 0.15) is 0 Å². The first-order valence-corrected chi connectivity index (χ1v) is 8.53. The third-order valence-electron chi connectivity index (χ3n) is 4.18. The Morgan fingerprint density at radius 3 is 2.75 bits per heavy atom. The lowest BCUT2D eigenvalue weighted by Crippen LogP contribution is -2.32. The van der Waals surface area contributed by atoms with E-state index in [9.17, 15) is 0 Å². The van der Waals surface area contributed by atoms with E-state index in [-0.39, 0.29) is 0 Å². The Balaban J connectivity index is 1.84. The highest BCUT2D eigenvalue weighted by molar-refractivity contribution is 8.02. The van der Waals surface area contributed by atoms with Crippen molar-refractivity contribution in [3.8, 4) is 0 Å². The Hall–Kier alpha value is -1.35. The molecule has 2 aliphatic rings. The maximum atomic E-state index is 2.52. The van der Waals surface area contributed by atoms with E-state index in [1.165, 1.54) is 42.2 Å². The zero-order valence-electron chi connectivity index (χ0n) is 12.2. The molecule has 2 heterocycles. The highest BCUT2D eigenvalue weighted by atomic mass is 32.2. The highest BCUT2D eigenvalue weighted by Gasteiger charge is 2.20. The van der Waals surface area contributed by atoms with Gasteiger partial charge in [-0.15, -0.1) is 11.8 Å². The van der Waals surface area contributed by atoms with Gasteiger partial charge < -0.3 is 9.80 Å². The van der Waals surface area contributed by atoms with Gasteiger partial charge in [0.05, 0.1) is 11.1 Å². The van der Waals surface area contributed by atoms with Crippen LogP contribution in [0.5, 0.6) is 0 Å². The number of thioether (sulfide) groups is 1. The van der Waals surface area contributed by atoms with Gasteiger partial charge in [-0.25, -0.2) is 0 Å². The van der Waals surface area contributed by atoms with Crippen LogP contribution in [0.2, 0.25) is 0 Å². The van der Waals surface area contributed by atoms with Crippen LogP contribution in [-0.4, -0.2) is 37.3 Å². The molecule has 1 aromatic carbocycles. The molecule has 0 N–H and O–H groups in total. The van der Waals surface area contributed by atoms with Crippen LogP contribution in [0.1, 0.15) is 18.4 Å². The summed E-state index contributed by atoms with van der Waals surface area (Å²) in [5.74, 6) is 0.